The van der Waals surface area contributed by atoms with E-state index in [9.17, 15) is 10.1 Å². The van der Waals surface area contributed by atoms with E-state index in [2.05, 4.69) is 12.2 Å². The molecule has 0 spiro atoms. The van der Waals surface area contributed by atoms with E-state index in [4.69, 9.17) is 4.74 Å². The van der Waals surface area contributed by atoms with Crippen LogP contribution in [0.25, 0.3) is 0 Å². The summed E-state index contributed by atoms with van der Waals surface area (Å²) in [5.74, 6) is 1.19. The molecule has 5 nitrogen and oxygen atoms in total. The van der Waals surface area contributed by atoms with Crippen LogP contribution in [0.3, 0.4) is 0 Å². The van der Waals surface area contributed by atoms with Crippen molar-refractivity contribution in [2.45, 2.75) is 52.0 Å². The standard InChI is InChI=1S/C16H24N2O3/c1-3-21-16-10-14(9-15(11-16)18(19)20)17-12(2)13-7-5-4-6-8-13/h9-13,17H,3-8H2,1-2H3. The summed E-state index contributed by atoms with van der Waals surface area (Å²) in [4.78, 5) is 10.6. The van der Waals surface area contributed by atoms with Crippen molar-refractivity contribution in [2.75, 3.05) is 11.9 Å². The number of ether oxygens (including phenoxy) is 1. The maximum Gasteiger partial charge on any atom is 0.275 e. The lowest BCUT2D eigenvalue weighted by Gasteiger charge is -2.29. The number of benzene rings is 1. The van der Waals surface area contributed by atoms with E-state index < -0.39 is 0 Å². The number of hydrogen-bond acceptors (Lipinski definition) is 4. The molecule has 0 saturated heterocycles. The van der Waals surface area contributed by atoms with E-state index in [1.54, 1.807) is 6.07 Å². The lowest BCUT2D eigenvalue weighted by molar-refractivity contribution is -0.384. The number of nitro groups is 1. The van der Waals surface area contributed by atoms with Gasteiger partial charge >= 0.3 is 0 Å². The lowest BCUT2D eigenvalue weighted by Crippen LogP contribution is -2.27. The van der Waals surface area contributed by atoms with E-state index in [0.29, 0.717) is 24.3 Å². The second kappa shape index (κ2) is 7.29. The number of rotatable bonds is 6. The lowest BCUT2D eigenvalue weighted by atomic mass is 9.84. The minimum absolute atomic E-state index is 0.0688. The maximum absolute atomic E-state index is 11.0. The van der Waals surface area contributed by atoms with Crippen molar-refractivity contribution in [2.24, 2.45) is 5.92 Å². The summed E-state index contributed by atoms with van der Waals surface area (Å²) >= 11 is 0. The molecule has 1 aliphatic rings. The number of hydrogen-bond donors (Lipinski definition) is 1. The molecule has 1 aliphatic carbocycles. The first-order chi connectivity index (χ1) is 10.1. The number of nitro benzene ring substituents is 1. The summed E-state index contributed by atoms with van der Waals surface area (Å²) in [6.45, 7) is 4.53. The molecule has 1 N–H and O–H groups in total. The molecule has 0 amide bonds. The van der Waals surface area contributed by atoms with Crippen LogP contribution in [0.15, 0.2) is 18.2 Å². The summed E-state index contributed by atoms with van der Waals surface area (Å²) in [6.07, 6.45) is 6.38. The summed E-state index contributed by atoms with van der Waals surface area (Å²) in [7, 11) is 0. The fraction of sp³-hybridized carbons (Fsp3) is 0.625. The van der Waals surface area contributed by atoms with Gasteiger partial charge in [-0.2, -0.15) is 0 Å². The van der Waals surface area contributed by atoms with Gasteiger partial charge in [0.25, 0.3) is 5.69 Å². The Balaban J connectivity index is 2.11. The highest BCUT2D eigenvalue weighted by Crippen LogP contribution is 2.31. The van der Waals surface area contributed by atoms with Gasteiger partial charge < -0.3 is 10.1 Å². The highest BCUT2D eigenvalue weighted by atomic mass is 16.6. The quantitative estimate of drug-likeness (QED) is 0.624. The Labute approximate surface area is 125 Å². The van der Waals surface area contributed by atoms with Crippen LogP contribution in [-0.2, 0) is 0 Å². The van der Waals surface area contributed by atoms with Crippen LogP contribution in [0.2, 0.25) is 0 Å². The Morgan fingerprint density at radius 2 is 2.05 bits per heavy atom. The summed E-state index contributed by atoms with van der Waals surface area (Å²) in [6, 6.07) is 5.22. The zero-order valence-electron chi connectivity index (χ0n) is 12.8. The maximum atomic E-state index is 11.0. The third-order valence-corrected chi connectivity index (χ3v) is 4.16. The van der Waals surface area contributed by atoms with Crippen LogP contribution in [0.1, 0.15) is 46.0 Å². The van der Waals surface area contributed by atoms with Crippen molar-refractivity contribution in [3.05, 3.63) is 28.3 Å². The van der Waals surface area contributed by atoms with Gasteiger partial charge in [0.1, 0.15) is 5.75 Å². The molecule has 0 bridgehead atoms. The molecule has 0 heterocycles. The van der Waals surface area contributed by atoms with Crippen molar-refractivity contribution in [1.29, 1.82) is 0 Å². The Kier molecular flexibility index (Phi) is 5.42. The summed E-state index contributed by atoms with van der Waals surface area (Å²) in [5, 5.41) is 14.4. The molecule has 1 fully saturated rings. The zero-order chi connectivity index (χ0) is 15.2. The SMILES string of the molecule is CCOc1cc(NC(C)C2CCCCC2)cc([N+](=O)[O-])c1. The summed E-state index contributed by atoms with van der Waals surface area (Å²) in [5.41, 5.74) is 0.838. The van der Waals surface area contributed by atoms with Crippen molar-refractivity contribution >= 4 is 11.4 Å². The van der Waals surface area contributed by atoms with Gasteiger partial charge in [0.15, 0.2) is 0 Å². The van der Waals surface area contributed by atoms with Crippen molar-refractivity contribution in [1.82, 2.24) is 0 Å². The predicted octanol–water partition coefficient (Wildman–Crippen LogP) is 4.37. The molecular formula is C16H24N2O3. The first-order valence-corrected chi connectivity index (χ1v) is 7.79. The Morgan fingerprint density at radius 1 is 1.33 bits per heavy atom. The van der Waals surface area contributed by atoms with Crippen LogP contribution in [0, 0.1) is 16.0 Å². The summed E-state index contributed by atoms with van der Waals surface area (Å²) < 4.78 is 5.42. The van der Waals surface area contributed by atoms with Gasteiger partial charge in [0.2, 0.25) is 0 Å². The number of anilines is 1. The molecule has 116 valence electrons. The Bertz CT molecular complexity index is 484. The predicted molar refractivity (Wildman–Crippen MR) is 83.9 cm³/mol. The van der Waals surface area contributed by atoms with Crippen LogP contribution in [-0.4, -0.2) is 17.6 Å². The van der Waals surface area contributed by atoms with Crippen molar-refractivity contribution < 1.29 is 9.66 Å². The van der Waals surface area contributed by atoms with Crippen LogP contribution >= 0.6 is 0 Å². The number of non-ortho nitro benzene ring substituents is 1. The molecule has 21 heavy (non-hydrogen) atoms. The zero-order valence-corrected chi connectivity index (χ0v) is 12.8. The normalized spacial score (nSPS) is 17.2. The van der Waals surface area contributed by atoms with Gasteiger partial charge in [-0.3, -0.25) is 10.1 Å². The molecule has 0 aromatic heterocycles. The molecule has 0 radical (unpaired) electrons. The average Bonchev–Trinajstić information content (AvgIpc) is 2.48. The monoisotopic (exact) mass is 292 g/mol. The molecule has 1 saturated carbocycles. The van der Waals surface area contributed by atoms with Gasteiger partial charge in [0.05, 0.1) is 17.6 Å². The fourth-order valence-corrected chi connectivity index (χ4v) is 3.04. The largest absolute Gasteiger partial charge is 0.494 e. The topological polar surface area (TPSA) is 64.4 Å². The first kappa shape index (κ1) is 15.6. The highest BCUT2D eigenvalue weighted by molar-refractivity contribution is 5.56. The molecular weight excluding hydrogens is 268 g/mol. The van der Waals surface area contributed by atoms with Crippen molar-refractivity contribution in [3.63, 3.8) is 0 Å². The van der Waals surface area contributed by atoms with Crippen LogP contribution in [0.5, 0.6) is 5.75 Å². The number of nitrogens with one attached hydrogen (secondary N) is 1. The first-order valence-electron chi connectivity index (χ1n) is 7.79. The second-order valence-corrected chi connectivity index (χ2v) is 5.74. The second-order valence-electron chi connectivity index (χ2n) is 5.74. The van der Waals surface area contributed by atoms with E-state index in [-0.39, 0.29) is 10.6 Å². The molecule has 1 aromatic rings. The van der Waals surface area contributed by atoms with Crippen LogP contribution in [0.4, 0.5) is 11.4 Å². The van der Waals surface area contributed by atoms with E-state index >= 15 is 0 Å². The highest BCUT2D eigenvalue weighted by Gasteiger charge is 2.21. The van der Waals surface area contributed by atoms with Gasteiger partial charge in [-0.05, 0) is 32.6 Å². The Hall–Kier alpha value is -1.78. The molecule has 5 heteroatoms. The minimum Gasteiger partial charge on any atom is -0.494 e. The number of nitrogens with zero attached hydrogens (tertiary/aromatic N) is 1. The molecule has 1 atom stereocenters. The molecule has 1 aromatic carbocycles. The van der Waals surface area contributed by atoms with E-state index in [0.717, 1.165) is 5.69 Å². The van der Waals surface area contributed by atoms with Gasteiger partial charge in [-0.25, -0.2) is 0 Å². The fourth-order valence-electron chi connectivity index (χ4n) is 3.04. The van der Waals surface area contributed by atoms with Gasteiger partial charge in [0, 0.05) is 23.9 Å². The van der Waals surface area contributed by atoms with E-state index in [1.807, 2.05) is 13.0 Å². The minimum atomic E-state index is -0.376. The van der Waals surface area contributed by atoms with Crippen LogP contribution < -0.4 is 10.1 Å². The average molecular weight is 292 g/mol. The van der Waals surface area contributed by atoms with E-state index in [1.165, 1.54) is 38.2 Å². The van der Waals surface area contributed by atoms with Crippen molar-refractivity contribution in [3.8, 4) is 5.75 Å². The van der Waals surface area contributed by atoms with Gasteiger partial charge in [-0.1, -0.05) is 19.3 Å². The molecule has 1 unspecified atom stereocenters. The third kappa shape index (κ3) is 4.34. The smallest absolute Gasteiger partial charge is 0.275 e. The van der Waals surface area contributed by atoms with Gasteiger partial charge in [-0.15, -0.1) is 0 Å². The Morgan fingerprint density at radius 3 is 2.67 bits per heavy atom. The molecule has 2 rings (SSSR count). The molecule has 0 aliphatic heterocycles. The third-order valence-electron chi connectivity index (χ3n) is 4.16.